The number of nitrogens with zero attached hydrogens (tertiary/aromatic N) is 1. The molecule has 1 aliphatic rings. The van der Waals surface area contributed by atoms with Gasteiger partial charge in [0.15, 0.2) is 0 Å². The van der Waals surface area contributed by atoms with Crippen LogP contribution in [0.3, 0.4) is 0 Å². The van der Waals surface area contributed by atoms with E-state index in [0.717, 1.165) is 38.0 Å². The predicted molar refractivity (Wildman–Crippen MR) is 70.9 cm³/mol. The van der Waals surface area contributed by atoms with E-state index in [0.29, 0.717) is 5.92 Å². The van der Waals surface area contributed by atoms with E-state index in [4.69, 9.17) is 0 Å². The normalized spacial score (nSPS) is 24.8. The fraction of sp³-hybridized carbons (Fsp3) is 0.600. The van der Waals surface area contributed by atoms with Crippen molar-refractivity contribution in [3.05, 3.63) is 35.9 Å². The lowest BCUT2D eigenvalue weighted by molar-refractivity contribution is -0.0240. The Kier molecular flexibility index (Phi) is 3.85. The summed E-state index contributed by atoms with van der Waals surface area (Å²) in [6.45, 7) is 7.51. The predicted octanol–water partition coefficient (Wildman–Crippen LogP) is 2.63. The molecule has 1 aromatic carbocycles. The molecule has 0 unspecified atom stereocenters. The molecule has 0 spiro atoms. The first kappa shape index (κ1) is 12.6. The van der Waals surface area contributed by atoms with Crippen molar-refractivity contribution in [2.45, 2.75) is 32.3 Å². The van der Waals surface area contributed by atoms with Crippen LogP contribution in [0.15, 0.2) is 30.3 Å². The SMILES string of the molecule is CCN1CC[C@@H]([C@](O)(CC)c2ccccc2)C1. The molecule has 0 aromatic heterocycles. The Bertz CT molecular complexity index is 351. The van der Waals surface area contributed by atoms with Gasteiger partial charge in [-0.1, -0.05) is 44.2 Å². The minimum Gasteiger partial charge on any atom is -0.385 e. The number of aliphatic hydroxyl groups is 1. The van der Waals surface area contributed by atoms with Crippen molar-refractivity contribution < 1.29 is 5.11 Å². The van der Waals surface area contributed by atoms with Crippen LogP contribution in [0, 0.1) is 5.92 Å². The second-order valence-corrected chi connectivity index (χ2v) is 5.02. The molecule has 0 radical (unpaired) electrons. The fourth-order valence-electron chi connectivity index (χ4n) is 2.96. The number of benzene rings is 1. The summed E-state index contributed by atoms with van der Waals surface area (Å²) in [5.41, 5.74) is 0.427. The summed E-state index contributed by atoms with van der Waals surface area (Å²) in [6.07, 6.45) is 1.90. The first-order valence-corrected chi connectivity index (χ1v) is 6.71. The van der Waals surface area contributed by atoms with Gasteiger partial charge in [0.05, 0.1) is 5.60 Å². The summed E-state index contributed by atoms with van der Waals surface area (Å²) < 4.78 is 0. The first-order chi connectivity index (χ1) is 8.20. The van der Waals surface area contributed by atoms with E-state index < -0.39 is 5.60 Å². The molecule has 94 valence electrons. The van der Waals surface area contributed by atoms with E-state index >= 15 is 0 Å². The molecular formula is C15H23NO. The summed E-state index contributed by atoms with van der Waals surface area (Å²) >= 11 is 0. The largest absolute Gasteiger partial charge is 0.385 e. The van der Waals surface area contributed by atoms with Gasteiger partial charge in [-0.25, -0.2) is 0 Å². The molecule has 2 atom stereocenters. The van der Waals surface area contributed by atoms with E-state index in [1.54, 1.807) is 0 Å². The van der Waals surface area contributed by atoms with Crippen LogP contribution in [-0.4, -0.2) is 29.6 Å². The zero-order valence-electron chi connectivity index (χ0n) is 10.9. The van der Waals surface area contributed by atoms with E-state index in [9.17, 15) is 5.11 Å². The standard InChI is InChI=1S/C15H23NO/c1-3-15(17,13-8-6-5-7-9-13)14-10-11-16(4-2)12-14/h5-9,14,17H,3-4,10-12H2,1-2H3/t14-,15+/m1/s1. The molecule has 0 saturated carbocycles. The summed E-state index contributed by atoms with van der Waals surface area (Å²) in [6, 6.07) is 10.1. The smallest absolute Gasteiger partial charge is 0.0934 e. The summed E-state index contributed by atoms with van der Waals surface area (Å²) in [4.78, 5) is 2.42. The van der Waals surface area contributed by atoms with Gasteiger partial charge in [0.2, 0.25) is 0 Å². The second kappa shape index (κ2) is 5.19. The van der Waals surface area contributed by atoms with E-state index in [-0.39, 0.29) is 0 Å². The van der Waals surface area contributed by atoms with Crippen LogP contribution in [0.25, 0.3) is 0 Å². The molecule has 1 saturated heterocycles. The third-order valence-corrected chi connectivity index (χ3v) is 4.21. The summed E-state index contributed by atoms with van der Waals surface area (Å²) in [5, 5.41) is 11.0. The van der Waals surface area contributed by atoms with Crippen molar-refractivity contribution in [1.82, 2.24) is 4.90 Å². The van der Waals surface area contributed by atoms with Gasteiger partial charge < -0.3 is 10.0 Å². The molecule has 1 aromatic rings. The van der Waals surface area contributed by atoms with Crippen molar-refractivity contribution in [3.63, 3.8) is 0 Å². The van der Waals surface area contributed by atoms with Crippen molar-refractivity contribution in [1.29, 1.82) is 0 Å². The van der Waals surface area contributed by atoms with Gasteiger partial charge in [0.1, 0.15) is 0 Å². The average Bonchev–Trinajstić information content (AvgIpc) is 2.88. The third-order valence-electron chi connectivity index (χ3n) is 4.21. The third kappa shape index (κ3) is 2.38. The molecule has 2 nitrogen and oxygen atoms in total. The highest BCUT2D eigenvalue weighted by Gasteiger charge is 2.40. The van der Waals surface area contributed by atoms with Crippen LogP contribution in [0.4, 0.5) is 0 Å². The number of rotatable bonds is 4. The Labute approximate surface area is 104 Å². The molecule has 0 bridgehead atoms. The molecule has 2 rings (SSSR count). The number of hydrogen-bond donors (Lipinski definition) is 1. The van der Waals surface area contributed by atoms with Crippen LogP contribution < -0.4 is 0 Å². The topological polar surface area (TPSA) is 23.5 Å². The Balaban J connectivity index is 2.20. The minimum absolute atomic E-state index is 0.370. The van der Waals surface area contributed by atoms with Gasteiger partial charge in [-0.2, -0.15) is 0 Å². The van der Waals surface area contributed by atoms with Crippen LogP contribution in [-0.2, 0) is 5.60 Å². The Morgan fingerprint density at radius 1 is 1.29 bits per heavy atom. The van der Waals surface area contributed by atoms with Crippen molar-refractivity contribution in [2.75, 3.05) is 19.6 Å². The van der Waals surface area contributed by atoms with Gasteiger partial charge in [-0.15, -0.1) is 0 Å². The zero-order chi connectivity index (χ0) is 12.3. The molecule has 0 amide bonds. The second-order valence-electron chi connectivity index (χ2n) is 5.02. The molecule has 1 heterocycles. The lowest BCUT2D eigenvalue weighted by atomic mass is 9.79. The van der Waals surface area contributed by atoms with Crippen LogP contribution >= 0.6 is 0 Å². The van der Waals surface area contributed by atoms with E-state index in [2.05, 4.69) is 30.9 Å². The van der Waals surface area contributed by atoms with Crippen LogP contribution in [0.5, 0.6) is 0 Å². The highest BCUT2D eigenvalue weighted by Crippen LogP contribution is 2.38. The maximum Gasteiger partial charge on any atom is 0.0934 e. The van der Waals surface area contributed by atoms with Gasteiger partial charge >= 0.3 is 0 Å². The molecule has 17 heavy (non-hydrogen) atoms. The van der Waals surface area contributed by atoms with Gasteiger partial charge in [0.25, 0.3) is 0 Å². The van der Waals surface area contributed by atoms with Crippen LogP contribution in [0.1, 0.15) is 32.3 Å². The molecule has 2 heteroatoms. The molecule has 1 fully saturated rings. The molecular weight excluding hydrogens is 210 g/mol. The van der Waals surface area contributed by atoms with Crippen molar-refractivity contribution in [3.8, 4) is 0 Å². The van der Waals surface area contributed by atoms with Crippen molar-refractivity contribution >= 4 is 0 Å². The number of hydrogen-bond acceptors (Lipinski definition) is 2. The highest BCUT2D eigenvalue weighted by atomic mass is 16.3. The van der Waals surface area contributed by atoms with Gasteiger partial charge in [-0.3, -0.25) is 0 Å². The van der Waals surface area contributed by atoms with Gasteiger partial charge in [0, 0.05) is 12.5 Å². The lowest BCUT2D eigenvalue weighted by Gasteiger charge is -2.33. The summed E-state index contributed by atoms with van der Waals surface area (Å²) in [5.74, 6) is 0.370. The highest BCUT2D eigenvalue weighted by molar-refractivity contribution is 5.23. The van der Waals surface area contributed by atoms with Crippen LogP contribution in [0.2, 0.25) is 0 Å². The molecule has 1 N–H and O–H groups in total. The van der Waals surface area contributed by atoms with Crippen molar-refractivity contribution in [2.24, 2.45) is 5.92 Å². The Morgan fingerprint density at radius 2 is 2.00 bits per heavy atom. The Hall–Kier alpha value is -0.860. The number of likely N-dealkylation sites (tertiary alicyclic amines) is 1. The van der Waals surface area contributed by atoms with E-state index in [1.807, 2.05) is 18.2 Å². The maximum absolute atomic E-state index is 11.0. The first-order valence-electron chi connectivity index (χ1n) is 6.71. The fourth-order valence-corrected chi connectivity index (χ4v) is 2.96. The molecule has 1 aliphatic heterocycles. The zero-order valence-corrected chi connectivity index (χ0v) is 10.9. The summed E-state index contributed by atoms with van der Waals surface area (Å²) in [7, 11) is 0. The lowest BCUT2D eigenvalue weighted by Crippen LogP contribution is -2.36. The molecule has 0 aliphatic carbocycles. The quantitative estimate of drug-likeness (QED) is 0.864. The minimum atomic E-state index is -0.648. The van der Waals surface area contributed by atoms with Gasteiger partial charge in [-0.05, 0) is 31.5 Å². The monoisotopic (exact) mass is 233 g/mol. The van der Waals surface area contributed by atoms with E-state index in [1.165, 1.54) is 0 Å². The maximum atomic E-state index is 11.0. The Morgan fingerprint density at radius 3 is 2.53 bits per heavy atom. The average molecular weight is 233 g/mol.